The van der Waals surface area contributed by atoms with Crippen LogP contribution in [0.4, 0.5) is 10.1 Å². The SMILES string of the molecule is N#Cc1cc(Cl)cc(Oc2c(C#N)ccc(CC3=NN(c4ccncc4Cl)CO3)c2F)c1. The Bertz CT molecular complexity index is 1320. The zero-order valence-electron chi connectivity index (χ0n) is 16.2. The summed E-state index contributed by atoms with van der Waals surface area (Å²) in [6.45, 7) is 0.111. The minimum Gasteiger partial charge on any atom is -0.456 e. The van der Waals surface area contributed by atoms with E-state index in [4.69, 9.17) is 37.9 Å². The summed E-state index contributed by atoms with van der Waals surface area (Å²) in [5.74, 6) is -0.616. The summed E-state index contributed by atoms with van der Waals surface area (Å²) in [6.07, 6.45) is 3.08. The van der Waals surface area contributed by atoms with Crippen molar-refractivity contribution in [3.8, 4) is 23.6 Å². The van der Waals surface area contributed by atoms with Crippen LogP contribution >= 0.6 is 23.2 Å². The summed E-state index contributed by atoms with van der Waals surface area (Å²) in [4.78, 5) is 3.93. The highest BCUT2D eigenvalue weighted by Gasteiger charge is 2.23. The normalized spacial score (nSPS) is 12.5. The van der Waals surface area contributed by atoms with Crippen molar-refractivity contribution < 1.29 is 13.9 Å². The second-order valence-corrected chi connectivity index (χ2v) is 7.43. The number of halogens is 3. The van der Waals surface area contributed by atoms with Crippen LogP contribution in [0.15, 0.2) is 53.9 Å². The molecule has 7 nitrogen and oxygen atoms in total. The van der Waals surface area contributed by atoms with E-state index in [9.17, 15) is 5.26 Å². The van der Waals surface area contributed by atoms with E-state index >= 15 is 4.39 Å². The van der Waals surface area contributed by atoms with Gasteiger partial charge in [-0.25, -0.2) is 9.40 Å². The van der Waals surface area contributed by atoms with Gasteiger partial charge in [-0.1, -0.05) is 29.3 Å². The molecule has 0 saturated carbocycles. The third-order valence-electron chi connectivity index (χ3n) is 4.47. The third kappa shape index (κ3) is 4.42. The second kappa shape index (κ2) is 9.11. The van der Waals surface area contributed by atoms with Crippen molar-refractivity contribution in [2.75, 3.05) is 11.7 Å². The maximum Gasteiger partial charge on any atom is 0.212 e. The first-order chi connectivity index (χ1) is 15.5. The number of nitriles is 2. The first kappa shape index (κ1) is 21.4. The highest BCUT2D eigenvalue weighted by molar-refractivity contribution is 6.33. The predicted molar refractivity (Wildman–Crippen MR) is 116 cm³/mol. The van der Waals surface area contributed by atoms with Crippen molar-refractivity contribution in [2.24, 2.45) is 5.10 Å². The monoisotopic (exact) mass is 467 g/mol. The maximum atomic E-state index is 15.3. The lowest BCUT2D eigenvalue weighted by molar-refractivity contribution is 0.330. The molecule has 3 aromatic rings. The van der Waals surface area contributed by atoms with E-state index in [2.05, 4.69) is 10.1 Å². The van der Waals surface area contributed by atoms with Gasteiger partial charge < -0.3 is 9.47 Å². The largest absolute Gasteiger partial charge is 0.456 e. The van der Waals surface area contributed by atoms with Gasteiger partial charge in [-0.2, -0.15) is 10.5 Å². The summed E-state index contributed by atoms with van der Waals surface area (Å²) in [6, 6.07) is 12.7. The van der Waals surface area contributed by atoms with Gasteiger partial charge in [0.1, 0.15) is 11.8 Å². The van der Waals surface area contributed by atoms with E-state index in [0.717, 1.165) is 0 Å². The number of benzene rings is 2. The fraction of sp³-hybridized carbons (Fsp3) is 0.0909. The van der Waals surface area contributed by atoms with Crippen LogP contribution in [0.2, 0.25) is 10.0 Å². The van der Waals surface area contributed by atoms with E-state index in [0.29, 0.717) is 10.7 Å². The van der Waals surface area contributed by atoms with Crippen molar-refractivity contribution in [1.29, 1.82) is 10.5 Å². The number of hydrazone groups is 1. The molecule has 0 spiro atoms. The van der Waals surface area contributed by atoms with Gasteiger partial charge in [0.15, 0.2) is 18.3 Å². The molecule has 2 heterocycles. The Morgan fingerprint density at radius 3 is 2.75 bits per heavy atom. The zero-order chi connectivity index (χ0) is 22.7. The molecule has 1 aliphatic heterocycles. The lowest BCUT2D eigenvalue weighted by Crippen LogP contribution is -2.13. The molecule has 0 amide bonds. The third-order valence-corrected chi connectivity index (χ3v) is 4.98. The van der Waals surface area contributed by atoms with Crippen molar-refractivity contribution in [2.45, 2.75) is 6.42 Å². The molecule has 4 rings (SSSR count). The van der Waals surface area contributed by atoms with Gasteiger partial charge in [0.2, 0.25) is 5.90 Å². The van der Waals surface area contributed by atoms with Gasteiger partial charge in [0, 0.05) is 23.0 Å². The lowest BCUT2D eigenvalue weighted by atomic mass is 10.1. The van der Waals surface area contributed by atoms with Gasteiger partial charge in [-0.15, -0.1) is 5.10 Å². The van der Waals surface area contributed by atoms with Gasteiger partial charge >= 0.3 is 0 Å². The van der Waals surface area contributed by atoms with Gasteiger partial charge in [-0.05, 0) is 30.3 Å². The van der Waals surface area contributed by atoms with Crippen LogP contribution in [0, 0.1) is 28.5 Å². The molecule has 0 saturated heterocycles. The molecule has 0 unspecified atom stereocenters. The van der Waals surface area contributed by atoms with Gasteiger partial charge in [-0.3, -0.25) is 4.98 Å². The molecular weight excluding hydrogens is 456 g/mol. The molecular formula is C22H12Cl2FN5O2. The first-order valence-corrected chi connectivity index (χ1v) is 9.91. The van der Waals surface area contributed by atoms with Crippen LogP contribution in [0.25, 0.3) is 0 Å². The topological polar surface area (TPSA) is 94.5 Å². The van der Waals surface area contributed by atoms with E-state index in [1.165, 1.54) is 41.5 Å². The van der Waals surface area contributed by atoms with Crippen LogP contribution in [0.5, 0.6) is 11.5 Å². The number of aromatic nitrogens is 1. The molecule has 158 valence electrons. The number of anilines is 1. The van der Waals surface area contributed by atoms with E-state index in [-0.39, 0.29) is 52.3 Å². The van der Waals surface area contributed by atoms with E-state index < -0.39 is 5.82 Å². The van der Waals surface area contributed by atoms with Crippen LogP contribution in [-0.2, 0) is 11.2 Å². The molecule has 0 atom stereocenters. The maximum absolute atomic E-state index is 15.3. The van der Waals surface area contributed by atoms with Crippen molar-refractivity contribution in [1.82, 2.24) is 4.98 Å². The fourth-order valence-electron chi connectivity index (χ4n) is 3.00. The molecule has 0 radical (unpaired) electrons. The Morgan fingerprint density at radius 1 is 1.16 bits per heavy atom. The molecule has 2 aromatic carbocycles. The summed E-state index contributed by atoms with van der Waals surface area (Å²) in [5.41, 5.74) is 1.05. The van der Waals surface area contributed by atoms with Crippen LogP contribution < -0.4 is 9.75 Å². The number of hydrogen-bond acceptors (Lipinski definition) is 7. The molecule has 1 aliphatic rings. The Labute approximate surface area is 192 Å². The van der Waals surface area contributed by atoms with Crippen LogP contribution in [0.3, 0.4) is 0 Å². The second-order valence-electron chi connectivity index (χ2n) is 6.59. The zero-order valence-corrected chi connectivity index (χ0v) is 17.7. The number of nitrogens with zero attached hydrogens (tertiary/aromatic N) is 5. The number of rotatable bonds is 5. The average Bonchev–Trinajstić information content (AvgIpc) is 3.25. The lowest BCUT2D eigenvalue weighted by Gasteiger charge is -2.12. The highest BCUT2D eigenvalue weighted by Crippen LogP contribution is 2.33. The first-order valence-electron chi connectivity index (χ1n) is 9.16. The summed E-state index contributed by atoms with van der Waals surface area (Å²) >= 11 is 12.1. The molecule has 0 aliphatic carbocycles. The minimum atomic E-state index is -0.741. The number of hydrogen-bond donors (Lipinski definition) is 0. The highest BCUT2D eigenvalue weighted by atomic mass is 35.5. The van der Waals surface area contributed by atoms with Crippen LogP contribution in [0.1, 0.15) is 16.7 Å². The molecule has 0 N–H and O–H groups in total. The van der Waals surface area contributed by atoms with E-state index in [1.54, 1.807) is 12.3 Å². The molecule has 0 fully saturated rings. The molecule has 10 heteroatoms. The van der Waals surface area contributed by atoms with Crippen molar-refractivity contribution in [3.05, 3.63) is 81.3 Å². The van der Waals surface area contributed by atoms with E-state index in [1.807, 2.05) is 12.1 Å². The average molecular weight is 468 g/mol. The molecule has 32 heavy (non-hydrogen) atoms. The summed E-state index contributed by atoms with van der Waals surface area (Å²) in [7, 11) is 0. The van der Waals surface area contributed by atoms with Gasteiger partial charge in [0.05, 0.1) is 34.3 Å². The Hall–Kier alpha value is -3.85. The van der Waals surface area contributed by atoms with Crippen molar-refractivity contribution in [3.63, 3.8) is 0 Å². The Morgan fingerprint density at radius 2 is 2.00 bits per heavy atom. The quantitative estimate of drug-likeness (QED) is 0.497. The predicted octanol–water partition coefficient (Wildman–Crippen LogP) is 5.41. The summed E-state index contributed by atoms with van der Waals surface area (Å²) < 4.78 is 26.5. The van der Waals surface area contributed by atoms with Gasteiger partial charge in [0.25, 0.3) is 0 Å². The van der Waals surface area contributed by atoms with Crippen LogP contribution in [-0.4, -0.2) is 17.6 Å². The summed E-state index contributed by atoms with van der Waals surface area (Å²) in [5, 5.41) is 25.0. The number of pyridine rings is 1. The Balaban J connectivity index is 1.62. The number of ether oxygens (including phenoxy) is 2. The molecule has 1 aromatic heterocycles. The molecule has 0 bridgehead atoms. The smallest absolute Gasteiger partial charge is 0.212 e. The van der Waals surface area contributed by atoms with Crippen molar-refractivity contribution >= 4 is 34.8 Å². The minimum absolute atomic E-state index is 0.00999. The Kier molecular flexibility index (Phi) is 6.09. The standard InChI is InChI=1S/C22H12Cl2FN5O2/c23-16-5-13(9-26)6-17(8-16)32-22-15(10-27)2-1-14(21(22)25)7-20-29-30(12-31-20)19-3-4-28-11-18(19)24/h1-6,8,11H,7,12H2. The fourth-order valence-corrected chi connectivity index (χ4v) is 3.45.